The Hall–Kier alpha value is -4.65. The van der Waals surface area contributed by atoms with Gasteiger partial charge in [-0.3, -0.25) is 14.8 Å². The van der Waals surface area contributed by atoms with Gasteiger partial charge in [-0.15, -0.1) is 0 Å². The van der Waals surface area contributed by atoms with Gasteiger partial charge in [-0.05, 0) is 37.3 Å². The molecule has 0 radical (unpaired) electrons. The lowest BCUT2D eigenvalue weighted by Gasteiger charge is -2.22. The zero-order valence-electron chi connectivity index (χ0n) is 19.7. The van der Waals surface area contributed by atoms with Crippen molar-refractivity contribution in [1.82, 2.24) is 15.0 Å². The molecule has 1 aromatic carbocycles. The van der Waals surface area contributed by atoms with Crippen LogP contribution in [0.2, 0.25) is 0 Å². The number of aromatic nitrogens is 3. The lowest BCUT2D eigenvalue weighted by atomic mass is 9.85. The number of nitrogens with zero attached hydrogens (tertiary/aromatic N) is 6. The summed E-state index contributed by atoms with van der Waals surface area (Å²) in [4.78, 5) is 28.9. The van der Waals surface area contributed by atoms with Crippen molar-refractivity contribution in [3.05, 3.63) is 71.2 Å². The third-order valence-corrected chi connectivity index (χ3v) is 5.32. The fraction of sp³-hybridized carbons (Fsp3) is 0.240. The van der Waals surface area contributed by atoms with Crippen molar-refractivity contribution in [1.29, 1.82) is 5.26 Å². The summed E-state index contributed by atoms with van der Waals surface area (Å²) in [6, 6.07) is 16.2. The van der Waals surface area contributed by atoms with Crippen LogP contribution in [0.4, 0.5) is 5.95 Å². The minimum Gasteiger partial charge on any atom is -0.481 e. The van der Waals surface area contributed by atoms with Crippen molar-refractivity contribution in [2.24, 2.45) is 15.9 Å². The summed E-state index contributed by atoms with van der Waals surface area (Å²) in [6.45, 7) is 5.66. The van der Waals surface area contributed by atoms with Crippen LogP contribution in [0, 0.1) is 11.3 Å². The SMILES string of the molecule is CC(=NCc1cccc(C(C)(C)CC(=O)O)n1)/C(=N\N)c1cc(-c2cccc(C#N)c2)nc(N)n1. The zero-order chi connectivity index (χ0) is 25.6. The van der Waals surface area contributed by atoms with E-state index in [-0.39, 0.29) is 18.9 Å². The van der Waals surface area contributed by atoms with Crippen LogP contribution < -0.4 is 11.6 Å². The summed E-state index contributed by atoms with van der Waals surface area (Å²) < 4.78 is 0. The van der Waals surface area contributed by atoms with Gasteiger partial charge in [0.1, 0.15) is 5.71 Å². The Labute approximate surface area is 203 Å². The number of carbonyl (C=O) groups is 1. The van der Waals surface area contributed by atoms with Crippen LogP contribution in [0.3, 0.4) is 0 Å². The minimum absolute atomic E-state index is 0.0313. The van der Waals surface area contributed by atoms with E-state index in [9.17, 15) is 15.2 Å². The first-order chi connectivity index (χ1) is 16.6. The van der Waals surface area contributed by atoms with Crippen LogP contribution >= 0.6 is 0 Å². The smallest absolute Gasteiger partial charge is 0.304 e. The van der Waals surface area contributed by atoms with E-state index in [1.54, 1.807) is 31.2 Å². The summed E-state index contributed by atoms with van der Waals surface area (Å²) >= 11 is 0. The first-order valence-corrected chi connectivity index (χ1v) is 10.8. The number of hydrazone groups is 1. The second-order valence-corrected chi connectivity index (χ2v) is 8.54. The highest BCUT2D eigenvalue weighted by molar-refractivity contribution is 6.47. The maximum Gasteiger partial charge on any atom is 0.304 e. The number of nitrogen functional groups attached to an aromatic ring is 1. The number of benzene rings is 1. The molecule has 0 aliphatic heterocycles. The first kappa shape index (κ1) is 25.0. The first-order valence-electron chi connectivity index (χ1n) is 10.8. The molecule has 0 spiro atoms. The standard InChI is InChI=1S/C25H26N8O2/c1-15(29-14-18-8-5-9-21(30-18)25(2,3)12-22(34)35)23(33-28)20-11-19(31-24(27)32-20)17-7-4-6-16(10-17)13-26/h4-11H,12,14,28H2,1-3H3,(H,34,35)(H2,27,31,32)/b29-15?,33-23+. The molecule has 10 nitrogen and oxygen atoms in total. The van der Waals surface area contributed by atoms with Crippen molar-refractivity contribution in [2.45, 2.75) is 39.2 Å². The highest BCUT2D eigenvalue weighted by Gasteiger charge is 2.25. The fourth-order valence-corrected chi connectivity index (χ4v) is 3.52. The molecule has 0 amide bonds. The Morgan fingerprint density at radius 2 is 1.89 bits per heavy atom. The van der Waals surface area contributed by atoms with Crippen LogP contribution in [0.1, 0.15) is 49.8 Å². The number of aliphatic carboxylic acids is 1. The number of nitrogens with two attached hydrogens (primary N) is 2. The van der Waals surface area contributed by atoms with Gasteiger partial charge >= 0.3 is 5.97 Å². The lowest BCUT2D eigenvalue weighted by molar-refractivity contribution is -0.138. The third-order valence-electron chi connectivity index (χ3n) is 5.32. The average molecular weight is 471 g/mol. The molecule has 0 aliphatic carbocycles. The van der Waals surface area contributed by atoms with Gasteiger partial charge in [0.15, 0.2) is 0 Å². The fourth-order valence-electron chi connectivity index (χ4n) is 3.52. The van der Waals surface area contributed by atoms with Gasteiger partial charge < -0.3 is 16.7 Å². The van der Waals surface area contributed by atoms with E-state index >= 15 is 0 Å². The molecule has 3 rings (SSSR count). The van der Waals surface area contributed by atoms with E-state index in [0.29, 0.717) is 45.3 Å². The molecule has 0 saturated carbocycles. The van der Waals surface area contributed by atoms with Crippen LogP contribution in [0.25, 0.3) is 11.3 Å². The molecule has 35 heavy (non-hydrogen) atoms. The number of anilines is 1. The average Bonchev–Trinajstić information content (AvgIpc) is 2.82. The molecule has 2 heterocycles. The largest absolute Gasteiger partial charge is 0.481 e. The molecule has 0 atom stereocenters. The number of aliphatic imine (C=N–C) groups is 1. The van der Waals surface area contributed by atoms with Gasteiger partial charge in [0.2, 0.25) is 5.95 Å². The van der Waals surface area contributed by atoms with E-state index in [4.69, 9.17) is 11.6 Å². The molecule has 0 unspecified atom stereocenters. The Bertz CT molecular complexity index is 1360. The summed E-state index contributed by atoms with van der Waals surface area (Å²) in [5.74, 6) is 4.82. The van der Waals surface area contributed by atoms with Gasteiger partial charge in [-0.1, -0.05) is 32.0 Å². The van der Waals surface area contributed by atoms with Crippen molar-refractivity contribution in [3.8, 4) is 17.3 Å². The molecule has 0 aliphatic rings. The van der Waals surface area contributed by atoms with Crippen molar-refractivity contribution >= 4 is 23.3 Å². The van der Waals surface area contributed by atoms with Crippen molar-refractivity contribution in [2.75, 3.05) is 5.73 Å². The summed E-state index contributed by atoms with van der Waals surface area (Å²) in [7, 11) is 0. The number of pyridine rings is 1. The van der Waals surface area contributed by atoms with Gasteiger partial charge in [0, 0.05) is 16.7 Å². The van der Waals surface area contributed by atoms with Crippen LogP contribution in [0.5, 0.6) is 0 Å². The van der Waals surface area contributed by atoms with E-state index in [1.165, 1.54) is 0 Å². The monoisotopic (exact) mass is 470 g/mol. The van der Waals surface area contributed by atoms with Crippen LogP contribution in [0.15, 0.2) is 58.6 Å². The zero-order valence-corrected chi connectivity index (χ0v) is 19.7. The molecular weight excluding hydrogens is 444 g/mol. The molecule has 3 aromatic rings. The number of hydrogen-bond acceptors (Lipinski definition) is 9. The minimum atomic E-state index is -0.886. The van der Waals surface area contributed by atoms with Crippen molar-refractivity contribution < 1.29 is 9.90 Å². The Morgan fingerprint density at radius 3 is 2.57 bits per heavy atom. The Balaban J connectivity index is 1.88. The molecule has 10 heteroatoms. The number of rotatable bonds is 8. The van der Waals surface area contributed by atoms with E-state index < -0.39 is 11.4 Å². The van der Waals surface area contributed by atoms with E-state index in [1.807, 2.05) is 38.1 Å². The summed E-state index contributed by atoms with van der Waals surface area (Å²) in [5, 5.41) is 22.2. The molecular formula is C25H26N8O2. The topological polar surface area (TPSA) is 177 Å². The number of hydrogen-bond donors (Lipinski definition) is 3. The summed E-state index contributed by atoms with van der Waals surface area (Å²) in [5.41, 5.74) is 9.62. The van der Waals surface area contributed by atoms with Gasteiger partial charge in [0.05, 0.1) is 47.4 Å². The highest BCUT2D eigenvalue weighted by Crippen LogP contribution is 2.25. The maximum atomic E-state index is 11.2. The molecule has 0 saturated heterocycles. The third kappa shape index (κ3) is 6.23. The Morgan fingerprint density at radius 1 is 1.14 bits per heavy atom. The molecule has 178 valence electrons. The van der Waals surface area contributed by atoms with Gasteiger partial charge in [-0.2, -0.15) is 10.4 Å². The molecule has 5 N–H and O–H groups in total. The van der Waals surface area contributed by atoms with Crippen molar-refractivity contribution in [3.63, 3.8) is 0 Å². The lowest BCUT2D eigenvalue weighted by Crippen LogP contribution is -2.23. The summed E-state index contributed by atoms with van der Waals surface area (Å²) in [6.07, 6.45) is -0.0372. The number of carboxylic acids is 1. The normalized spacial score (nSPS) is 12.3. The van der Waals surface area contributed by atoms with Crippen LogP contribution in [-0.2, 0) is 16.8 Å². The van der Waals surface area contributed by atoms with Gasteiger partial charge in [0.25, 0.3) is 0 Å². The molecule has 0 bridgehead atoms. The number of nitriles is 1. The number of carboxylic acid groups (broad SMARTS) is 1. The molecule has 0 fully saturated rings. The van der Waals surface area contributed by atoms with Crippen LogP contribution in [-0.4, -0.2) is 37.5 Å². The van der Waals surface area contributed by atoms with E-state index in [2.05, 4.69) is 31.1 Å². The molecule has 2 aromatic heterocycles. The van der Waals surface area contributed by atoms with E-state index in [0.717, 1.165) is 0 Å². The second-order valence-electron chi connectivity index (χ2n) is 8.54. The second kappa shape index (κ2) is 10.5. The highest BCUT2D eigenvalue weighted by atomic mass is 16.4. The predicted molar refractivity (Wildman–Crippen MR) is 134 cm³/mol. The maximum absolute atomic E-state index is 11.2. The Kier molecular flexibility index (Phi) is 7.51. The quantitative estimate of drug-likeness (QED) is 0.255. The van der Waals surface area contributed by atoms with Gasteiger partial charge in [-0.25, -0.2) is 9.97 Å². The predicted octanol–water partition coefficient (Wildman–Crippen LogP) is 3.07.